The van der Waals surface area contributed by atoms with Crippen LogP contribution in [0.3, 0.4) is 0 Å². The molecule has 0 unspecified atom stereocenters. The number of benzene rings is 1. The van der Waals surface area contributed by atoms with E-state index < -0.39 is 0 Å². The van der Waals surface area contributed by atoms with Crippen LogP contribution in [0.15, 0.2) is 29.4 Å². The van der Waals surface area contributed by atoms with E-state index in [9.17, 15) is 0 Å². The Morgan fingerprint density at radius 1 is 1.26 bits per heavy atom. The van der Waals surface area contributed by atoms with E-state index in [0.29, 0.717) is 18.4 Å². The molecule has 0 spiro atoms. The lowest BCUT2D eigenvalue weighted by atomic mass is 10.1. The molecule has 1 aromatic carbocycles. The molecule has 1 aliphatic heterocycles. The predicted octanol–water partition coefficient (Wildman–Crippen LogP) is 2.49. The number of ether oxygens (including phenoxy) is 1. The molecule has 0 radical (unpaired) electrons. The zero-order valence-electron chi connectivity index (χ0n) is 15.8. The van der Waals surface area contributed by atoms with Gasteiger partial charge >= 0.3 is 0 Å². The zero-order chi connectivity index (χ0) is 18.9. The third-order valence-corrected chi connectivity index (χ3v) is 4.71. The van der Waals surface area contributed by atoms with Crippen molar-refractivity contribution in [3.63, 3.8) is 0 Å². The highest BCUT2D eigenvalue weighted by molar-refractivity contribution is 5.74. The Hall–Kier alpha value is -2.61. The van der Waals surface area contributed by atoms with Gasteiger partial charge in [0.1, 0.15) is 12.0 Å². The maximum absolute atomic E-state index is 8.57. The van der Waals surface area contributed by atoms with E-state index in [1.807, 2.05) is 13.1 Å². The number of hydrogen-bond donors (Lipinski definition) is 2. The summed E-state index contributed by atoms with van der Waals surface area (Å²) >= 11 is 0. The van der Waals surface area contributed by atoms with E-state index >= 15 is 0 Å². The fourth-order valence-electron chi connectivity index (χ4n) is 3.23. The molecule has 1 saturated heterocycles. The second kappa shape index (κ2) is 9.91. The van der Waals surface area contributed by atoms with Crippen molar-refractivity contribution >= 4 is 12.2 Å². The van der Waals surface area contributed by atoms with Crippen LogP contribution in [-0.2, 0) is 13.6 Å². The van der Waals surface area contributed by atoms with Crippen LogP contribution < -0.4 is 10.1 Å². The second-order valence-corrected chi connectivity index (χ2v) is 6.80. The van der Waals surface area contributed by atoms with Crippen molar-refractivity contribution in [1.29, 1.82) is 0 Å². The van der Waals surface area contributed by atoms with Crippen molar-refractivity contribution in [2.24, 2.45) is 12.2 Å². The summed E-state index contributed by atoms with van der Waals surface area (Å²) in [6.07, 6.45) is 6.06. The minimum Gasteiger partial charge on any atom is -0.494 e. The van der Waals surface area contributed by atoms with Gasteiger partial charge in [-0.25, -0.2) is 0 Å². The van der Waals surface area contributed by atoms with Crippen LogP contribution in [-0.4, -0.2) is 57.3 Å². The first-order valence-corrected chi connectivity index (χ1v) is 9.51. The molecule has 8 nitrogen and oxygen atoms in total. The summed E-state index contributed by atoms with van der Waals surface area (Å²) in [5, 5.41) is 22.7. The second-order valence-electron chi connectivity index (χ2n) is 6.80. The fraction of sp³-hybridized carbons (Fsp3) is 0.526. The van der Waals surface area contributed by atoms with E-state index in [-0.39, 0.29) is 0 Å². The predicted molar refractivity (Wildman–Crippen MR) is 105 cm³/mol. The van der Waals surface area contributed by atoms with Gasteiger partial charge < -0.3 is 15.3 Å². The van der Waals surface area contributed by atoms with E-state index in [4.69, 9.17) is 9.94 Å². The summed E-state index contributed by atoms with van der Waals surface area (Å²) in [5.74, 6) is 2.04. The monoisotopic (exact) mass is 372 g/mol. The SMILES string of the molecule is Cn1c(/C=N/O)nnc1NCCCOc1cccc(CN2CCCCC2)c1. The molecular weight excluding hydrogens is 344 g/mol. The van der Waals surface area contributed by atoms with Gasteiger partial charge in [0.15, 0.2) is 5.82 Å². The summed E-state index contributed by atoms with van der Waals surface area (Å²) < 4.78 is 7.62. The molecule has 0 atom stereocenters. The molecule has 27 heavy (non-hydrogen) atoms. The lowest BCUT2D eigenvalue weighted by Crippen LogP contribution is -2.29. The quantitative estimate of drug-likeness (QED) is 0.304. The van der Waals surface area contributed by atoms with Gasteiger partial charge in [-0.05, 0) is 50.0 Å². The Morgan fingerprint density at radius 2 is 2.11 bits per heavy atom. The number of aromatic nitrogens is 3. The van der Waals surface area contributed by atoms with Crippen LogP contribution in [0.4, 0.5) is 5.95 Å². The Labute approximate surface area is 159 Å². The standard InChI is InChI=1S/C19H28N6O2/c1-24-18(14-21-26)22-23-19(24)20-9-6-12-27-17-8-5-7-16(13-17)15-25-10-3-2-4-11-25/h5,7-8,13-14,26H,2-4,6,9-12,15H2,1H3,(H,20,23)/b21-14+. The normalized spacial score (nSPS) is 15.3. The molecule has 8 heteroatoms. The van der Waals surface area contributed by atoms with Crippen LogP contribution in [0.1, 0.15) is 37.1 Å². The number of anilines is 1. The summed E-state index contributed by atoms with van der Waals surface area (Å²) in [6.45, 7) is 4.75. The topological polar surface area (TPSA) is 87.8 Å². The van der Waals surface area contributed by atoms with Gasteiger partial charge in [-0.15, -0.1) is 10.2 Å². The highest BCUT2D eigenvalue weighted by Gasteiger charge is 2.10. The van der Waals surface area contributed by atoms with Gasteiger partial charge in [-0.3, -0.25) is 9.47 Å². The van der Waals surface area contributed by atoms with Gasteiger partial charge in [0.05, 0.1) is 6.61 Å². The van der Waals surface area contributed by atoms with Crippen LogP contribution in [0.5, 0.6) is 5.75 Å². The lowest BCUT2D eigenvalue weighted by molar-refractivity contribution is 0.220. The van der Waals surface area contributed by atoms with E-state index in [0.717, 1.165) is 25.3 Å². The minimum absolute atomic E-state index is 0.488. The largest absolute Gasteiger partial charge is 0.494 e. The number of likely N-dealkylation sites (tertiary alicyclic amines) is 1. The molecule has 3 rings (SSSR count). The number of piperidine rings is 1. The third kappa shape index (κ3) is 5.68. The minimum atomic E-state index is 0.488. The first-order valence-electron chi connectivity index (χ1n) is 9.51. The van der Waals surface area contributed by atoms with Gasteiger partial charge in [0.2, 0.25) is 5.95 Å². The average Bonchev–Trinajstić information content (AvgIpc) is 3.03. The van der Waals surface area contributed by atoms with Crippen molar-refractivity contribution in [2.75, 3.05) is 31.6 Å². The molecule has 0 saturated carbocycles. The first-order chi connectivity index (χ1) is 13.3. The number of nitrogens with one attached hydrogen (secondary N) is 1. The molecule has 2 heterocycles. The van der Waals surface area contributed by atoms with Crippen molar-refractivity contribution in [3.8, 4) is 5.75 Å². The first kappa shape index (κ1) is 19.2. The number of nitrogens with zero attached hydrogens (tertiary/aromatic N) is 5. The van der Waals surface area contributed by atoms with Crippen LogP contribution >= 0.6 is 0 Å². The Bertz CT molecular complexity index is 740. The van der Waals surface area contributed by atoms with Crippen molar-refractivity contribution < 1.29 is 9.94 Å². The molecule has 0 bridgehead atoms. The maximum atomic E-state index is 8.57. The summed E-state index contributed by atoms with van der Waals surface area (Å²) in [7, 11) is 1.81. The molecule has 0 amide bonds. The molecule has 1 fully saturated rings. The van der Waals surface area contributed by atoms with E-state index in [1.165, 1.54) is 44.1 Å². The molecule has 1 aromatic heterocycles. The number of oxime groups is 1. The highest BCUT2D eigenvalue weighted by Crippen LogP contribution is 2.17. The molecular formula is C19H28N6O2. The average molecular weight is 372 g/mol. The van der Waals surface area contributed by atoms with Crippen LogP contribution in [0.2, 0.25) is 0 Å². The molecule has 2 N–H and O–H groups in total. The van der Waals surface area contributed by atoms with Gasteiger partial charge in [-0.2, -0.15) is 0 Å². The lowest BCUT2D eigenvalue weighted by Gasteiger charge is -2.26. The van der Waals surface area contributed by atoms with Crippen molar-refractivity contribution in [1.82, 2.24) is 19.7 Å². The number of hydrogen-bond acceptors (Lipinski definition) is 7. The van der Waals surface area contributed by atoms with E-state index in [2.05, 4.69) is 43.8 Å². The Morgan fingerprint density at radius 3 is 2.93 bits per heavy atom. The third-order valence-electron chi connectivity index (χ3n) is 4.71. The fourth-order valence-corrected chi connectivity index (χ4v) is 3.23. The van der Waals surface area contributed by atoms with Crippen molar-refractivity contribution in [3.05, 3.63) is 35.7 Å². The highest BCUT2D eigenvalue weighted by atomic mass is 16.5. The van der Waals surface area contributed by atoms with Crippen LogP contribution in [0.25, 0.3) is 0 Å². The Balaban J connectivity index is 1.39. The summed E-state index contributed by atoms with van der Waals surface area (Å²) in [6, 6.07) is 8.39. The van der Waals surface area contributed by atoms with Gasteiger partial charge in [0.25, 0.3) is 0 Å². The molecule has 1 aliphatic rings. The number of rotatable bonds is 9. The van der Waals surface area contributed by atoms with Crippen LogP contribution in [0, 0.1) is 0 Å². The summed E-state index contributed by atoms with van der Waals surface area (Å²) in [4.78, 5) is 2.52. The molecule has 146 valence electrons. The van der Waals surface area contributed by atoms with Gasteiger partial charge in [-0.1, -0.05) is 23.7 Å². The molecule has 2 aromatic rings. The smallest absolute Gasteiger partial charge is 0.224 e. The zero-order valence-corrected chi connectivity index (χ0v) is 15.8. The maximum Gasteiger partial charge on any atom is 0.224 e. The molecule has 0 aliphatic carbocycles. The van der Waals surface area contributed by atoms with Gasteiger partial charge in [0, 0.05) is 20.1 Å². The Kier molecular flexibility index (Phi) is 7.04. The van der Waals surface area contributed by atoms with E-state index in [1.54, 1.807) is 4.57 Å². The summed E-state index contributed by atoms with van der Waals surface area (Å²) in [5.41, 5.74) is 1.31. The van der Waals surface area contributed by atoms with Crippen molar-refractivity contribution in [2.45, 2.75) is 32.2 Å².